The van der Waals surface area contributed by atoms with Gasteiger partial charge in [0.2, 0.25) is 0 Å². The fourth-order valence-electron chi connectivity index (χ4n) is 6.09. The van der Waals surface area contributed by atoms with Crippen LogP contribution < -0.4 is 51.1 Å². The Morgan fingerprint density at radius 3 is 0.211 bits per heavy atom. The molecule has 73 heteroatoms. The molecule has 0 aliphatic heterocycles. The number of aldehydes is 10. The molecule has 0 spiro atoms. The van der Waals surface area contributed by atoms with Crippen LogP contribution >= 0.6 is 0 Å². The average Bonchev–Trinajstić information content (AvgIpc) is 0.955. The molecule has 0 fully saturated rings. The number of aliphatic hydroxyl groups is 40. The van der Waals surface area contributed by atoms with E-state index < -0.39 is 304 Å². The van der Waals surface area contributed by atoms with Gasteiger partial charge in [0, 0.05) is 0 Å². The normalized spacial score (nSPS) is 19.5. The predicted octanol–water partition coefficient (Wildman–Crippen LogP) is -46.2. The Morgan fingerprint density at radius 1 is 0.135 bits per heavy atom. The Hall–Kier alpha value is -8.65. The van der Waals surface area contributed by atoms with Crippen LogP contribution in [-0.2, 0) is 147 Å². The van der Waals surface area contributed by atoms with Gasteiger partial charge in [0.25, 0.3) is 0 Å². The maximum atomic E-state index is 9.95. The van der Waals surface area contributed by atoms with Gasteiger partial charge in [0.05, 0.1) is 59.7 Å². The summed E-state index contributed by atoms with van der Waals surface area (Å²) in [5.41, 5.74) is 0. The first-order valence-electron chi connectivity index (χ1n) is 33.0. The minimum Gasteiger partial charge on any atom is -0.547 e. The van der Waals surface area contributed by atoms with Crippen LogP contribution in [0.4, 0.5) is 0 Å². The molecule has 0 aliphatic rings. The fraction of sp³-hybridized carbons (Fsp3) is 0.667. The van der Waals surface area contributed by atoms with Gasteiger partial charge in [-0.1, -0.05) is 0 Å². The Bertz CT molecular complexity index is 2640. The van der Waals surface area contributed by atoms with E-state index in [-0.39, 0.29) is 114 Å². The predicted molar refractivity (Wildman–Crippen MR) is 351 cm³/mol. The van der Waals surface area contributed by atoms with E-state index in [9.17, 15) is 147 Å². The molecule has 0 saturated heterocycles. The molecule has 0 aromatic rings. The van der Waals surface area contributed by atoms with Crippen LogP contribution in [-0.4, -0.2) is 571 Å². The van der Waals surface area contributed by atoms with Gasteiger partial charge < -0.3 is 351 Å². The van der Waals surface area contributed by atoms with Crippen LogP contribution in [0.25, 0.3) is 0 Å². The first-order chi connectivity index (χ1) is 59.1. The van der Waals surface area contributed by atoms with Crippen LogP contribution in [0.2, 0.25) is 0 Å². The summed E-state index contributed by atoms with van der Waals surface area (Å²) < 4.78 is 0. The quantitative estimate of drug-likeness (QED) is 0.0199. The van der Waals surface area contributed by atoms with Gasteiger partial charge in [-0.25, -0.2) is 0 Å². The number of aliphatic hydroxyl groups excluding tert-OH is 40. The van der Waals surface area contributed by atoms with Crippen molar-refractivity contribution in [1.29, 1.82) is 0 Å². The zero-order valence-electron chi connectivity index (χ0n) is 65.0. The van der Waals surface area contributed by atoms with E-state index >= 15 is 0 Å². The van der Waals surface area contributed by atoms with Gasteiger partial charge in [-0.2, -0.15) is 0 Å². The van der Waals surface area contributed by atoms with E-state index in [4.69, 9.17) is 204 Å². The van der Waals surface area contributed by atoms with Crippen molar-refractivity contribution in [3.8, 4) is 0 Å². The molecule has 0 aromatic carbocycles. The van der Waals surface area contributed by atoms with Crippen LogP contribution in [0.15, 0.2) is 0 Å². The van der Waals surface area contributed by atoms with Crippen LogP contribution in [0.3, 0.4) is 0 Å². The molecule has 0 rings (SSSR count). The molecular weight excluding hydrogens is 2020 g/mol. The summed E-state index contributed by atoms with van der Waals surface area (Å²) >= 11 is 0. The number of rotatable bonds is 50. The van der Waals surface area contributed by atoms with Gasteiger partial charge in [-0.3, -0.25) is 0 Å². The molecule has 0 aliphatic carbocycles. The summed E-state index contributed by atoms with van der Waals surface area (Å²) in [5, 5.41) is 448. The van der Waals surface area contributed by atoms with Gasteiger partial charge in [0.1, 0.15) is 244 Å². The fourth-order valence-corrected chi connectivity index (χ4v) is 6.09. The molecule has 70 nitrogen and oxygen atoms in total. The summed E-state index contributed by atoms with van der Waals surface area (Å²) in [6, 6.07) is 0. The average molecular weight is 2110 g/mol. The van der Waals surface area contributed by atoms with Crippen LogP contribution in [0, 0.1) is 0 Å². The molecule has 782 valence electrons. The zero-order valence-corrected chi connectivity index (χ0v) is 68.1. The van der Waals surface area contributed by atoms with Crippen molar-refractivity contribution < 1.29 is 402 Å². The number of carboxylic acid groups (broad SMARTS) is 10. The minimum absolute atomic E-state index is 0. The van der Waals surface area contributed by atoms with Crippen molar-refractivity contribution in [2.24, 2.45) is 0 Å². The number of carboxylic acids is 10. The summed E-state index contributed by atoms with van der Waals surface area (Å²) in [5.74, 6) is -20.1. The van der Waals surface area contributed by atoms with E-state index in [1.807, 2.05) is 0 Å². The molecule has 40 atom stereocenters. The zero-order chi connectivity index (χ0) is 106. The molecule has 0 unspecified atom stereocenters. The maximum Gasteiger partial charge on any atom is 2.00 e. The van der Waals surface area contributed by atoms with Gasteiger partial charge in [-0.05, 0) is 0 Å². The molecule has 133 heavy (non-hydrogen) atoms. The summed E-state index contributed by atoms with van der Waals surface area (Å²) in [4.78, 5) is 198. The number of hydrogen-bond acceptors (Lipinski definition) is 70. The Kier molecular flexibility index (Phi) is 92.5. The van der Waals surface area contributed by atoms with E-state index in [0.717, 1.165) is 0 Å². The van der Waals surface area contributed by atoms with Crippen molar-refractivity contribution in [3.05, 3.63) is 0 Å². The molecule has 0 bridgehead atoms. The molecule has 0 amide bonds. The van der Waals surface area contributed by atoms with Crippen LogP contribution in [0.5, 0.6) is 0 Å². The van der Waals surface area contributed by atoms with Crippen molar-refractivity contribution in [2.45, 2.75) is 244 Å². The van der Waals surface area contributed by atoms with Gasteiger partial charge in [0.15, 0.2) is 62.9 Å². The van der Waals surface area contributed by atoms with Crippen molar-refractivity contribution in [3.63, 3.8) is 0 Å². The molecule has 40 N–H and O–H groups in total. The van der Waals surface area contributed by atoms with Crippen molar-refractivity contribution in [1.82, 2.24) is 0 Å². The second-order valence-electron chi connectivity index (χ2n) is 23.7. The third-order valence-corrected chi connectivity index (χ3v) is 14.0. The minimum atomic E-state index is -2.36. The third kappa shape index (κ3) is 61.9. The van der Waals surface area contributed by atoms with Crippen LogP contribution in [0.1, 0.15) is 0 Å². The topological polar surface area (TPSA) is 1380 Å². The summed E-state index contributed by atoms with van der Waals surface area (Å²) in [6.45, 7) is 0. The maximum absolute atomic E-state index is 9.95. The van der Waals surface area contributed by atoms with E-state index in [2.05, 4.69) is 0 Å². The second-order valence-corrected chi connectivity index (χ2v) is 23.7. The Morgan fingerprint density at radius 2 is 0.180 bits per heavy atom. The van der Waals surface area contributed by atoms with Gasteiger partial charge >= 0.3 is 50.9 Å². The summed E-state index contributed by atoms with van der Waals surface area (Å²) in [6.07, 6.45) is -86.5. The molecule has 0 heterocycles. The largest absolute Gasteiger partial charge is 2.00 e. The number of aliphatic carboxylic acids is 10. The first kappa shape index (κ1) is 153. The van der Waals surface area contributed by atoms with E-state index in [1.54, 1.807) is 0 Å². The molecule has 0 aromatic heterocycles. The molecule has 0 saturated carbocycles. The van der Waals surface area contributed by atoms with Crippen molar-refractivity contribution >= 4 is 123 Å². The number of hydrogen-bond donors (Lipinski definition) is 40. The molecule has 2 radical (unpaired) electrons. The number of carbonyl (C=O) groups excluding carboxylic acids is 20. The summed E-state index contributed by atoms with van der Waals surface area (Å²) in [7, 11) is 0. The smallest absolute Gasteiger partial charge is 0.547 e. The standard InChI is InChI=1S/10C6H10O7.Co.Cu.Fe/c10*7-1-2(8)3(9)4(10)5(11)6(12)13;;;/h10*1-5,8-11H,(H,12,13);;;/q;;;;;;;;;;3*+2/p-10/t10*2-,3+,4+,5-;;;/m0000000000.../s1. The van der Waals surface area contributed by atoms with E-state index in [1.165, 1.54) is 0 Å². The Labute approximate surface area is 766 Å². The first-order valence-corrected chi connectivity index (χ1v) is 33.0. The SMILES string of the molecule is O=C[C@H](O)[C@@H](O)[C@@H](O)[C@H](O)C(=O)[O-].O=C[C@H](O)[C@@H](O)[C@@H](O)[C@H](O)C(=O)[O-].O=C[C@H](O)[C@@H](O)[C@@H](O)[C@H](O)C(=O)[O-].O=C[C@H](O)[C@@H](O)[C@@H](O)[C@H](O)C(=O)[O-].O=C[C@H](O)[C@@H](O)[C@@H](O)[C@H](O)C(=O)[O-].O=C[C@H](O)[C@@H](O)[C@@H](O)[C@H](O)C(=O)[O-].O=C[C@H](O)[C@@H](O)[C@@H](O)[C@H](O)C(=O)[O-].O=C[C@H](O)[C@@H](O)[C@@H](O)[C@H](O)C(=O)[O-].O=C[C@H](O)[C@@H](O)[C@@H](O)[C@H](O)C(=O)[O-].O=C[C@H](O)[C@@H](O)[C@@H](O)[C@H](O)C(=O)[O-].[Co+2].[Cu+2].[Fe+2]. The second kappa shape index (κ2) is 80.6. The monoisotopic (exact) mass is 2110 g/mol. The van der Waals surface area contributed by atoms with Gasteiger partial charge in [-0.15, -0.1) is 0 Å². The number of carbonyl (C=O) groups is 20. The third-order valence-electron chi connectivity index (χ3n) is 14.0. The molecular formula is C60H90CoCuFeO70-4. The Balaban J connectivity index is -0.000000109. The van der Waals surface area contributed by atoms with Crippen molar-refractivity contribution in [2.75, 3.05) is 0 Å². The van der Waals surface area contributed by atoms with E-state index in [0.29, 0.717) is 0 Å².